The predicted molar refractivity (Wildman–Crippen MR) is 110 cm³/mol. The van der Waals surface area contributed by atoms with Crippen LogP contribution >= 0.6 is 11.8 Å². The molecule has 0 unspecified atom stereocenters. The van der Waals surface area contributed by atoms with Gasteiger partial charge in [-0.2, -0.15) is 0 Å². The summed E-state index contributed by atoms with van der Waals surface area (Å²) < 4.78 is 5.77. The number of hydrogen-bond acceptors (Lipinski definition) is 3. The third-order valence-electron chi connectivity index (χ3n) is 5.56. The maximum absolute atomic E-state index is 5.77. The summed E-state index contributed by atoms with van der Waals surface area (Å²) >= 11 is 1.89. The van der Waals surface area contributed by atoms with Crippen molar-refractivity contribution in [1.29, 1.82) is 0 Å². The third-order valence-corrected chi connectivity index (χ3v) is 6.68. The van der Waals surface area contributed by atoms with Crippen LogP contribution in [0.25, 0.3) is 5.57 Å². The lowest BCUT2D eigenvalue weighted by Gasteiger charge is -2.31. The van der Waals surface area contributed by atoms with E-state index in [1.54, 1.807) is 12.7 Å². The summed E-state index contributed by atoms with van der Waals surface area (Å²) in [4.78, 5) is 5.13. The van der Waals surface area contributed by atoms with Gasteiger partial charge in [-0.05, 0) is 60.7 Å². The molecule has 1 saturated heterocycles. The Morgan fingerprint density at radius 3 is 2.50 bits per heavy atom. The van der Waals surface area contributed by atoms with Crippen LogP contribution in [0.1, 0.15) is 49.3 Å². The van der Waals surface area contributed by atoms with Crippen molar-refractivity contribution in [1.82, 2.24) is 4.90 Å². The Kier molecular flexibility index (Phi) is 4.85. The molecule has 0 aromatic heterocycles. The maximum atomic E-state index is 5.77. The molecule has 2 aliphatic rings. The minimum atomic E-state index is 0.548. The zero-order valence-corrected chi connectivity index (χ0v) is 17.0. The minimum Gasteiger partial charge on any atom is -0.496 e. The van der Waals surface area contributed by atoms with Crippen molar-refractivity contribution in [3.05, 3.63) is 58.7 Å². The van der Waals surface area contributed by atoms with Gasteiger partial charge in [0.25, 0.3) is 0 Å². The summed E-state index contributed by atoms with van der Waals surface area (Å²) in [5.74, 6) is 1.54. The normalized spacial score (nSPS) is 17.3. The molecule has 2 heterocycles. The van der Waals surface area contributed by atoms with Gasteiger partial charge in [0.1, 0.15) is 5.75 Å². The van der Waals surface area contributed by atoms with E-state index >= 15 is 0 Å². The van der Waals surface area contributed by atoms with Gasteiger partial charge in [0.15, 0.2) is 0 Å². The second-order valence-corrected chi connectivity index (χ2v) is 8.71. The summed E-state index contributed by atoms with van der Waals surface area (Å²) in [6.07, 6.45) is 2.28. The zero-order valence-electron chi connectivity index (χ0n) is 16.1. The highest BCUT2D eigenvalue weighted by atomic mass is 32.2. The van der Waals surface area contributed by atoms with Gasteiger partial charge < -0.3 is 9.64 Å². The number of methoxy groups -OCH3 is 1. The number of rotatable bonds is 2. The Hall–Kier alpha value is -1.71. The van der Waals surface area contributed by atoms with E-state index in [1.807, 2.05) is 11.8 Å². The number of piperidine rings is 1. The number of nitrogens with zero attached hydrogens (tertiary/aromatic N) is 1. The molecule has 0 amide bonds. The first-order valence-electron chi connectivity index (χ1n) is 9.48. The standard InChI is InChI=1S/C23H27NOS/c1-15(2)17-8-9-18-21(14-17)26-20-7-5-6-19(25-4)23(20)22(18)16-10-12-24(3)13-11-16/h5-9,14-15H,10-13H2,1-4H3. The Balaban J connectivity index is 1.93. The summed E-state index contributed by atoms with van der Waals surface area (Å²) in [5.41, 5.74) is 7.10. The van der Waals surface area contributed by atoms with E-state index in [0.717, 1.165) is 31.7 Å². The highest BCUT2D eigenvalue weighted by Gasteiger charge is 2.28. The van der Waals surface area contributed by atoms with E-state index in [9.17, 15) is 0 Å². The number of benzene rings is 2. The summed E-state index contributed by atoms with van der Waals surface area (Å²) in [6, 6.07) is 13.5. The van der Waals surface area contributed by atoms with E-state index in [4.69, 9.17) is 4.74 Å². The predicted octanol–water partition coefficient (Wildman–Crippen LogP) is 5.81. The SMILES string of the molecule is COc1cccc2c1C(=C1CCN(C)CC1)c1ccc(C(C)C)cc1S2. The fourth-order valence-corrected chi connectivity index (χ4v) is 5.12. The molecule has 0 N–H and O–H groups in total. The number of ether oxygens (including phenoxy) is 1. The molecular weight excluding hydrogens is 338 g/mol. The van der Waals surface area contributed by atoms with E-state index in [-0.39, 0.29) is 0 Å². The average molecular weight is 366 g/mol. The minimum absolute atomic E-state index is 0.548. The zero-order chi connectivity index (χ0) is 18.3. The second kappa shape index (κ2) is 7.13. The molecule has 26 heavy (non-hydrogen) atoms. The van der Waals surface area contributed by atoms with Crippen LogP contribution in [-0.4, -0.2) is 32.1 Å². The monoisotopic (exact) mass is 365 g/mol. The van der Waals surface area contributed by atoms with Crippen LogP contribution < -0.4 is 4.74 Å². The fourth-order valence-electron chi connectivity index (χ4n) is 3.96. The molecule has 3 heteroatoms. The van der Waals surface area contributed by atoms with E-state index in [0.29, 0.717) is 5.92 Å². The lowest BCUT2D eigenvalue weighted by atomic mass is 9.86. The summed E-state index contributed by atoms with van der Waals surface area (Å²) in [5, 5.41) is 0. The van der Waals surface area contributed by atoms with Gasteiger partial charge in [0.05, 0.1) is 7.11 Å². The number of likely N-dealkylation sites (tertiary alicyclic amines) is 1. The molecule has 0 spiro atoms. The van der Waals surface area contributed by atoms with Crippen LogP contribution in [0.4, 0.5) is 0 Å². The molecule has 0 atom stereocenters. The Labute approximate surface area is 161 Å². The van der Waals surface area contributed by atoms with Gasteiger partial charge in [-0.25, -0.2) is 0 Å². The molecule has 0 saturated carbocycles. The largest absolute Gasteiger partial charge is 0.496 e. The molecule has 2 aliphatic heterocycles. The van der Waals surface area contributed by atoms with Crippen LogP contribution in [0.15, 0.2) is 51.8 Å². The molecule has 0 bridgehead atoms. The van der Waals surface area contributed by atoms with Crippen LogP contribution in [0.3, 0.4) is 0 Å². The first-order valence-corrected chi connectivity index (χ1v) is 10.3. The average Bonchev–Trinajstić information content (AvgIpc) is 2.66. The second-order valence-electron chi connectivity index (χ2n) is 7.63. The van der Waals surface area contributed by atoms with Crippen LogP contribution in [0.2, 0.25) is 0 Å². The molecule has 136 valence electrons. The third kappa shape index (κ3) is 3.08. The van der Waals surface area contributed by atoms with E-state index < -0.39 is 0 Å². The summed E-state index contributed by atoms with van der Waals surface area (Å²) in [6.45, 7) is 6.80. The number of fused-ring (bicyclic) bond motifs is 2. The first-order chi connectivity index (χ1) is 12.6. The maximum Gasteiger partial charge on any atom is 0.127 e. The molecular formula is C23H27NOS. The molecule has 2 aromatic rings. The first kappa shape index (κ1) is 17.7. The Bertz CT molecular complexity index is 859. The van der Waals surface area contributed by atoms with Gasteiger partial charge in [0.2, 0.25) is 0 Å². The van der Waals surface area contributed by atoms with Crippen LogP contribution in [0, 0.1) is 0 Å². The van der Waals surface area contributed by atoms with Crippen molar-refractivity contribution >= 4 is 17.3 Å². The smallest absolute Gasteiger partial charge is 0.127 e. The molecule has 0 radical (unpaired) electrons. The molecule has 2 aromatic carbocycles. The van der Waals surface area contributed by atoms with Crippen molar-refractivity contribution in [3.63, 3.8) is 0 Å². The molecule has 1 fully saturated rings. The fraction of sp³-hybridized carbons (Fsp3) is 0.391. The van der Waals surface area contributed by atoms with Crippen molar-refractivity contribution in [2.75, 3.05) is 27.2 Å². The van der Waals surface area contributed by atoms with Gasteiger partial charge in [-0.1, -0.05) is 49.4 Å². The van der Waals surface area contributed by atoms with Crippen molar-refractivity contribution < 1.29 is 4.74 Å². The van der Waals surface area contributed by atoms with E-state index in [1.165, 1.54) is 32.1 Å². The van der Waals surface area contributed by atoms with Crippen LogP contribution in [-0.2, 0) is 0 Å². The number of hydrogen-bond donors (Lipinski definition) is 0. The highest BCUT2D eigenvalue weighted by molar-refractivity contribution is 7.99. The Morgan fingerprint density at radius 1 is 1.04 bits per heavy atom. The molecule has 2 nitrogen and oxygen atoms in total. The Morgan fingerprint density at radius 2 is 1.81 bits per heavy atom. The molecule has 4 rings (SSSR count). The van der Waals surface area contributed by atoms with Crippen LogP contribution in [0.5, 0.6) is 5.75 Å². The highest BCUT2D eigenvalue weighted by Crippen LogP contribution is 2.51. The molecule has 0 aliphatic carbocycles. The van der Waals surface area contributed by atoms with Gasteiger partial charge in [0, 0.05) is 28.4 Å². The van der Waals surface area contributed by atoms with Crippen molar-refractivity contribution in [3.8, 4) is 5.75 Å². The quantitative estimate of drug-likeness (QED) is 0.568. The van der Waals surface area contributed by atoms with Crippen molar-refractivity contribution in [2.45, 2.75) is 42.4 Å². The topological polar surface area (TPSA) is 12.5 Å². The van der Waals surface area contributed by atoms with Gasteiger partial charge >= 0.3 is 0 Å². The lowest BCUT2D eigenvalue weighted by molar-refractivity contribution is 0.313. The van der Waals surface area contributed by atoms with E-state index in [2.05, 4.69) is 62.2 Å². The van der Waals surface area contributed by atoms with Gasteiger partial charge in [-0.3, -0.25) is 0 Å². The summed E-state index contributed by atoms with van der Waals surface area (Å²) in [7, 11) is 4.00. The van der Waals surface area contributed by atoms with Crippen molar-refractivity contribution in [2.24, 2.45) is 0 Å². The lowest BCUT2D eigenvalue weighted by Crippen LogP contribution is -2.27. The van der Waals surface area contributed by atoms with Gasteiger partial charge in [-0.15, -0.1) is 0 Å².